The first kappa shape index (κ1) is 7.53. The summed E-state index contributed by atoms with van der Waals surface area (Å²) in [5, 5.41) is 14.5. The molecule has 0 saturated heterocycles. The molecule has 0 bridgehead atoms. The van der Waals surface area contributed by atoms with E-state index in [1.165, 1.54) is 6.07 Å². The van der Waals surface area contributed by atoms with Crippen LogP contribution in [-0.2, 0) is 0 Å². The maximum Gasteiger partial charge on any atom is 0.410 e. The number of nitrogens with zero attached hydrogens (tertiary/aromatic N) is 3. The lowest BCUT2D eigenvalue weighted by atomic mass is 10.5. The normalized spacial score (nSPS) is 10.2. The van der Waals surface area contributed by atoms with E-state index in [2.05, 4.69) is 15.4 Å². The number of nitrogens with one attached hydrogen (secondary N) is 1. The third-order valence-corrected chi connectivity index (χ3v) is 1.49. The second-order valence-electron chi connectivity index (χ2n) is 2.38. The number of hydrogen-bond acceptors (Lipinski definition) is 3. The molecule has 0 fully saturated rings. The molecular formula is C7H6N4O2. The monoisotopic (exact) mass is 178 g/mol. The van der Waals surface area contributed by atoms with Crippen molar-refractivity contribution in [2.24, 2.45) is 0 Å². The summed E-state index contributed by atoms with van der Waals surface area (Å²) in [7, 11) is 0. The maximum absolute atomic E-state index is 10.3. The summed E-state index contributed by atoms with van der Waals surface area (Å²) in [4.78, 5) is 14.3. The van der Waals surface area contributed by atoms with Crippen LogP contribution in [0.3, 0.4) is 0 Å². The lowest BCUT2D eigenvalue weighted by molar-refractivity contribution is 0.209. The zero-order valence-electron chi connectivity index (χ0n) is 6.51. The fraction of sp³-hybridized carbons (Fsp3) is 0. The first-order valence-corrected chi connectivity index (χ1v) is 3.56. The van der Waals surface area contributed by atoms with Crippen molar-refractivity contribution in [3.8, 4) is 0 Å². The zero-order chi connectivity index (χ0) is 9.26. The summed E-state index contributed by atoms with van der Waals surface area (Å²) in [6.45, 7) is 0. The summed E-state index contributed by atoms with van der Waals surface area (Å²) in [5.74, 6) is 0.292. The smallest absolute Gasteiger partial charge is 0.410 e. The highest BCUT2D eigenvalue weighted by Crippen LogP contribution is 2.04. The molecule has 6 nitrogen and oxygen atoms in total. The predicted octanol–water partition coefficient (Wildman–Crippen LogP) is 0.819. The minimum atomic E-state index is -1.13. The first-order valence-electron chi connectivity index (χ1n) is 3.56. The van der Waals surface area contributed by atoms with Gasteiger partial charge in [0.2, 0.25) is 0 Å². The molecule has 6 heteroatoms. The topological polar surface area (TPSA) is 79.5 Å². The molecule has 0 unspecified atom stereocenters. The average molecular weight is 178 g/mol. The minimum absolute atomic E-state index is 0.292. The lowest BCUT2D eigenvalue weighted by Crippen LogP contribution is -2.09. The Bertz CT molecular complexity index is 450. The van der Waals surface area contributed by atoms with Crippen molar-refractivity contribution in [2.45, 2.75) is 0 Å². The fourth-order valence-electron chi connectivity index (χ4n) is 0.992. The van der Waals surface area contributed by atoms with Crippen molar-refractivity contribution < 1.29 is 9.90 Å². The average Bonchev–Trinajstić information content (AvgIpc) is 2.49. The van der Waals surface area contributed by atoms with Gasteiger partial charge in [0.25, 0.3) is 0 Å². The fourth-order valence-corrected chi connectivity index (χ4v) is 0.992. The second kappa shape index (κ2) is 2.74. The maximum atomic E-state index is 10.3. The van der Waals surface area contributed by atoms with Gasteiger partial charge in [-0.1, -0.05) is 0 Å². The van der Waals surface area contributed by atoms with E-state index < -0.39 is 6.09 Å². The van der Waals surface area contributed by atoms with E-state index in [1.807, 2.05) is 0 Å². The number of carboxylic acid groups (broad SMARTS) is 1. The zero-order valence-corrected chi connectivity index (χ0v) is 6.51. The van der Waals surface area contributed by atoms with E-state index in [0.29, 0.717) is 11.5 Å². The van der Waals surface area contributed by atoms with Crippen molar-refractivity contribution >= 4 is 17.6 Å². The second-order valence-corrected chi connectivity index (χ2v) is 2.38. The summed E-state index contributed by atoms with van der Waals surface area (Å²) >= 11 is 0. The van der Waals surface area contributed by atoms with Crippen LogP contribution in [0.15, 0.2) is 24.5 Å². The van der Waals surface area contributed by atoms with Crippen molar-refractivity contribution in [2.75, 3.05) is 5.32 Å². The van der Waals surface area contributed by atoms with Gasteiger partial charge in [0, 0.05) is 12.3 Å². The number of aromatic nitrogens is 3. The Morgan fingerprint density at radius 3 is 3.15 bits per heavy atom. The summed E-state index contributed by atoms with van der Waals surface area (Å²) in [5.41, 5.74) is 0.603. The van der Waals surface area contributed by atoms with Gasteiger partial charge in [-0.05, 0) is 6.07 Å². The van der Waals surface area contributed by atoms with Crippen molar-refractivity contribution in [3.05, 3.63) is 24.5 Å². The highest BCUT2D eigenvalue weighted by atomic mass is 16.4. The standard InChI is InChI=1S/C7H6N4O2/c12-7(13)10-5-2-4-11-6(9-5)1-3-8-11/h1-4H,(H,9,10)(H,12,13). The molecule has 13 heavy (non-hydrogen) atoms. The van der Waals surface area contributed by atoms with Gasteiger partial charge in [-0.25, -0.2) is 14.3 Å². The van der Waals surface area contributed by atoms with Crippen molar-refractivity contribution in [1.29, 1.82) is 0 Å². The van der Waals surface area contributed by atoms with Crippen LogP contribution >= 0.6 is 0 Å². The molecule has 2 rings (SSSR count). The Hall–Kier alpha value is -2.11. The number of fused-ring (bicyclic) bond motifs is 1. The number of rotatable bonds is 1. The molecule has 2 aromatic rings. The molecule has 2 aromatic heterocycles. The van der Waals surface area contributed by atoms with E-state index in [-0.39, 0.29) is 0 Å². The summed E-state index contributed by atoms with van der Waals surface area (Å²) in [6.07, 6.45) is 2.09. The molecule has 0 aromatic carbocycles. The van der Waals surface area contributed by atoms with Gasteiger partial charge in [0.15, 0.2) is 5.65 Å². The van der Waals surface area contributed by atoms with Gasteiger partial charge >= 0.3 is 6.09 Å². The molecule has 2 N–H and O–H groups in total. The van der Waals surface area contributed by atoms with E-state index in [4.69, 9.17) is 5.11 Å². The van der Waals surface area contributed by atoms with Crippen LogP contribution < -0.4 is 5.32 Å². The summed E-state index contributed by atoms with van der Waals surface area (Å²) < 4.78 is 1.55. The Morgan fingerprint density at radius 1 is 1.54 bits per heavy atom. The van der Waals surface area contributed by atoms with Crippen LogP contribution in [0.2, 0.25) is 0 Å². The SMILES string of the molecule is O=C(O)Nc1ccn2nccc2n1. The molecule has 0 saturated carbocycles. The van der Waals surface area contributed by atoms with Gasteiger partial charge in [0.05, 0.1) is 6.20 Å². The van der Waals surface area contributed by atoms with E-state index in [9.17, 15) is 4.79 Å². The van der Waals surface area contributed by atoms with Crippen molar-refractivity contribution in [1.82, 2.24) is 14.6 Å². The molecule has 1 amide bonds. The molecule has 0 aliphatic heterocycles. The van der Waals surface area contributed by atoms with Crippen LogP contribution in [0.5, 0.6) is 0 Å². The minimum Gasteiger partial charge on any atom is -0.465 e. The summed E-state index contributed by atoms with van der Waals surface area (Å²) in [6, 6.07) is 3.22. The molecule has 0 atom stereocenters. The Balaban J connectivity index is 2.42. The molecule has 0 radical (unpaired) electrons. The number of amides is 1. The number of hydrogen-bond donors (Lipinski definition) is 2. The third kappa shape index (κ3) is 1.41. The molecule has 0 spiro atoms. The van der Waals surface area contributed by atoms with Crippen LogP contribution in [0.25, 0.3) is 5.65 Å². The quantitative estimate of drug-likeness (QED) is 0.677. The van der Waals surface area contributed by atoms with Crippen molar-refractivity contribution in [3.63, 3.8) is 0 Å². The molecule has 0 aliphatic rings. The van der Waals surface area contributed by atoms with E-state index >= 15 is 0 Å². The number of anilines is 1. The van der Waals surface area contributed by atoms with Crippen LogP contribution in [0.4, 0.5) is 10.6 Å². The Kier molecular flexibility index (Phi) is 1.59. The lowest BCUT2D eigenvalue weighted by Gasteiger charge is -1.98. The van der Waals surface area contributed by atoms with Gasteiger partial charge in [-0.3, -0.25) is 5.32 Å². The Labute approximate surface area is 72.8 Å². The Morgan fingerprint density at radius 2 is 2.38 bits per heavy atom. The van der Waals surface area contributed by atoms with Gasteiger partial charge in [-0.2, -0.15) is 5.10 Å². The van der Waals surface area contributed by atoms with E-state index in [0.717, 1.165) is 0 Å². The van der Waals surface area contributed by atoms with Crippen LogP contribution in [-0.4, -0.2) is 25.8 Å². The largest absolute Gasteiger partial charge is 0.465 e. The highest BCUT2D eigenvalue weighted by molar-refractivity contribution is 5.81. The van der Waals surface area contributed by atoms with E-state index in [1.54, 1.807) is 23.0 Å². The van der Waals surface area contributed by atoms with Crippen LogP contribution in [0.1, 0.15) is 0 Å². The molecule has 2 heterocycles. The van der Waals surface area contributed by atoms with Crippen LogP contribution in [0, 0.1) is 0 Å². The molecule has 66 valence electrons. The predicted molar refractivity (Wildman–Crippen MR) is 44.6 cm³/mol. The molecule has 0 aliphatic carbocycles. The molecular weight excluding hydrogens is 172 g/mol. The van der Waals surface area contributed by atoms with Gasteiger partial charge < -0.3 is 5.11 Å². The highest BCUT2D eigenvalue weighted by Gasteiger charge is 2.00. The first-order chi connectivity index (χ1) is 6.25. The van der Waals surface area contributed by atoms with Gasteiger partial charge in [-0.15, -0.1) is 0 Å². The number of carbonyl (C=O) groups is 1. The third-order valence-electron chi connectivity index (χ3n) is 1.49. The van der Waals surface area contributed by atoms with Gasteiger partial charge in [0.1, 0.15) is 5.82 Å².